The van der Waals surface area contributed by atoms with Crippen molar-refractivity contribution in [1.82, 2.24) is 4.90 Å². The molecular weight excluding hydrogens is 249 g/mol. The van der Waals surface area contributed by atoms with Gasteiger partial charge in [0.1, 0.15) is 0 Å². The molecule has 0 aliphatic rings. The van der Waals surface area contributed by atoms with Crippen molar-refractivity contribution in [2.75, 3.05) is 20.7 Å². The molecule has 0 amide bonds. The van der Waals surface area contributed by atoms with Gasteiger partial charge in [0.15, 0.2) is 11.6 Å². The maximum absolute atomic E-state index is 13.5. The zero-order chi connectivity index (χ0) is 14.3. The molecular formula is C14H20FNO3. The number of hydrogen-bond donors (Lipinski definition) is 1. The van der Waals surface area contributed by atoms with Crippen LogP contribution in [0.2, 0.25) is 0 Å². The van der Waals surface area contributed by atoms with Crippen molar-refractivity contribution in [2.24, 2.45) is 0 Å². The average Bonchev–Trinajstić information content (AvgIpc) is 2.35. The number of ether oxygens (including phenoxy) is 1. The number of halogens is 1. The first-order chi connectivity index (χ1) is 9.02. The van der Waals surface area contributed by atoms with E-state index < -0.39 is 5.97 Å². The van der Waals surface area contributed by atoms with Gasteiger partial charge >= 0.3 is 5.97 Å². The predicted molar refractivity (Wildman–Crippen MR) is 70.8 cm³/mol. The second-order valence-corrected chi connectivity index (χ2v) is 4.56. The Kier molecular flexibility index (Phi) is 6.29. The molecule has 0 unspecified atom stereocenters. The molecule has 4 nitrogen and oxygen atoms in total. The third kappa shape index (κ3) is 5.70. The van der Waals surface area contributed by atoms with Crippen molar-refractivity contribution in [1.29, 1.82) is 0 Å². The van der Waals surface area contributed by atoms with Gasteiger partial charge in [0.25, 0.3) is 0 Å². The summed E-state index contributed by atoms with van der Waals surface area (Å²) in [5.74, 6) is -0.882. The number of methoxy groups -OCH3 is 1. The highest BCUT2D eigenvalue weighted by atomic mass is 19.1. The van der Waals surface area contributed by atoms with Crippen LogP contribution in [0.25, 0.3) is 0 Å². The second-order valence-electron chi connectivity index (χ2n) is 4.56. The van der Waals surface area contributed by atoms with Crippen molar-refractivity contribution in [3.05, 3.63) is 29.6 Å². The third-order valence-electron chi connectivity index (χ3n) is 2.85. The number of aliphatic carboxylic acids is 1. The Balaban J connectivity index is 2.37. The molecule has 0 atom stereocenters. The van der Waals surface area contributed by atoms with Crippen molar-refractivity contribution in [2.45, 2.75) is 25.8 Å². The minimum atomic E-state index is -0.764. The van der Waals surface area contributed by atoms with E-state index in [1.54, 1.807) is 6.07 Å². The quantitative estimate of drug-likeness (QED) is 0.737. The summed E-state index contributed by atoms with van der Waals surface area (Å²) in [6.45, 7) is 1.43. The lowest BCUT2D eigenvalue weighted by Crippen LogP contribution is -2.19. The molecule has 0 aromatic heterocycles. The Hall–Kier alpha value is -1.62. The van der Waals surface area contributed by atoms with Gasteiger partial charge in [0, 0.05) is 13.0 Å². The van der Waals surface area contributed by atoms with Crippen LogP contribution in [0.4, 0.5) is 4.39 Å². The third-order valence-corrected chi connectivity index (χ3v) is 2.85. The molecule has 0 saturated carbocycles. The smallest absolute Gasteiger partial charge is 0.303 e. The summed E-state index contributed by atoms with van der Waals surface area (Å²) in [6, 6.07) is 4.91. The minimum Gasteiger partial charge on any atom is -0.494 e. The van der Waals surface area contributed by atoms with Gasteiger partial charge in [-0.25, -0.2) is 4.39 Å². The van der Waals surface area contributed by atoms with E-state index in [1.165, 1.54) is 13.2 Å². The van der Waals surface area contributed by atoms with E-state index in [0.717, 1.165) is 18.5 Å². The van der Waals surface area contributed by atoms with E-state index in [0.29, 0.717) is 13.0 Å². The summed E-state index contributed by atoms with van der Waals surface area (Å²) in [5, 5.41) is 8.53. The fourth-order valence-corrected chi connectivity index (χ4v) is 1.86. The highest BCUT2D eigenvalue weighted by molar-refractivity contribution is 5.66. The van der Waals surface area contributed by atoms with Crippen molar-refractivity contribution < 1.29 is 19.0 Å². The zero-order valence-electron chi connectivity index (χ0n) is 11.4. The summed E-state index contributed by atoms with van der Waals surface area (Å²) in [7, 11) is 3.37. The lowest BCUT2D eigenvalue weighted by Gasteiger charge is -2.16. The largest absolute Gasteiger partial charge is 0.494 e. The Morgan fingerprint density at radius 1 is 1.42 bits per heavy atom. The predicted octanol–water partition coefficient (Wildman–Crippen LogP) is 2.52. The Morgan fingerprint density at radius 3 is 2.74 bits per heavy atom. The number of hydrogen-bond acceptors (Lipinski definition) is 3. The van der Waals surface area contributed by atoms with Crippen LogP contribution in [0, 0.1) is 5.82 Å². The van der Waals surface area contributed by atoms with Gasteiger partial charge in [-0.1, -0.05) is 6.07 Å². The van der Waals surface area contributed by atoms with Crippen LogP contribution in [0.15, 0.2) is 18.2 Å². The molecule has 0 aliphatic carbocycles. The summed E-state index contributed by atoms with van der Waals surface area (Å²) in [6.07, 6.45) is 1.68. The number of rotatable bonds is 8. The Bertz CT molecular complexity index is 423. The minimum absolute atomic E-state index is 0.199. The van der Waals surface area contributed by atoms with Gasteiger partial charge in [0.2, 0.25) is 0 Å². The lowest BCUT2D eigenvalue weighted by molar-refractivity contribution is -0.137. The number of unbranched alkanes of at least 4 members (excludes halogenated alkanes) is 1. The lowest BCUT2D eigenvalue weighted by atomic mass is 10.2. The Labute approximate surface area is 112 Å². The highest BCUT2D eigenvalue weighted by Crippen LogP contribution is 2.18. The maximum atomic E-state index is 13.5. The molecule has 0 bridgehead atoms. The van der Waals surface area contributed by atoms with Crippen molar-refractivity contribution in [3.63, 3.8) is 0 Å². The molecule has 0 heterocycles. The number of benzene rings is 1. The second kappa shape index (κ2) is 7.74. The first kappa shape index (κ1) is 15.4. The van der Waals surface area contributed by atoms with E-state index in [-0.39, 0.29) is 18.0 Å². The van der Waals surface area contributed by atoms with E-state index in [2.05, 4.69) is 0 Å². The first-order valence-electron chi connectivity index (χ1n) is 6.25. The number of nitrogens with zero attached hydrogens (tertiary/aromatic N) is 1. The number of carbonyl (C=O) groups is 1. The summed E-state index contributed by atoms with van der Waals surface area (Å²) < 4.78 is 18.4. The first-order valence-corrected chi connectivity index (χ1v) is 6.25. The van der Waals surface area contributed by atoms with Crippen molar-refractivity contribution >= 4 is 5.97 Å². The van der Waals surface area contributed by atoms with Gasteiger partial charge in [-0.2, -0.15) is 0 Å². The molecule has 1 aromatic carbocycles. The molecule has 1 rings (SSSR count). The fraction of sp³-hybridized carbons (Fsp3) is 0.500. The molecule has 0 aliphatic heterocycles. The van der Waals surface area contributed by atoms with Crippen LogP contribution in [-0.2, 0) is 11.3 Å². The van der Waals surface area contributed by atoms with Crippen LogP contribution in [0.1, 0.15) is 24.8 Å². The van der Waals surface area contributed by atoms with Crippen molar-refractivity contribution in [3.8, 4) is 5.75 Å². The summed E-state index contributed by atoms with van der Waals surface area (Å²) >= 11 is 0. The van der Waals surface area contributed by atoms with E-state index >= 15 is 0 Å². The van der Waals surface area contributed by atoms with Gasteiger partial charge < -0.3 is 14.7 Å². The van der Waals surface area contributed by atoms with Gasteiger partial charge in [0.05, 0.1) is 7.11 Å². The van der Waals surface area contributed by atoms with E-state index in [9.17, 15) is 9.18 Å². The SMILES string of the molecule is COc1ccc(CN(C)CCCCC(=O)O)cc1F. The molecule has 1 N–H and O–H groups in total. The molecule has 5 heteroatoms. The number of carboxylic acids is 1. The highest BCUT2D eigenvalue weighted by Gasteiger charge is 2.06. The van der Waals surface area contributed by atoms with Crippen LogP contribution in [0.3, 0.4) is 0 Å². The summed E-state index contributed by atoms with van der Waals surface area (Å²) in [5.41, 5.74) is 0.874. The maximum Gasteiger partial charge on any atom is 0.303 e. The molecule has 0 spiro atoms. The number of carboxylic acid groups (broad SMARTS) is 1. The Morgan fingerprint density at radius 2 is 2.16 bits per heavy atom. The average molecular weight is 269 g/mol. The van der Waals surface area contributed by atoms with E-state index in [1.807, 2.05) is 18.0 Å². The van der Waals surface area contributed by atoms with Gasteiger partial charge in [-0.3, -0.25) is 4.79 Å². The fourth-order valence-electron chi connectivity index (χ4n) is 1.86. The van der Waals surface area contributed by atoms with Gasteiger partial charge in [-0.15, -0.1) is 0 Å². The van der Waals surface area contributed by atoms with Crippen LogP contribution < -0.4 is 4.74 Å². The molecule has 0 saturated heterocycles. The topological polar surface area (TPSA) is 49.8 Å². The van der Waals surface area contributed by atoms with Crippen LogP contribution in [-0.4, -0.2) is 36.7 Å². The molecule has 0 radical (unpaired) electrons. The van der Waals surface area contributed by atoms with E-state index in [4.69, 9.17) is 9.84 Å². The van der Waals surface area contributed by atoms with Crippen LogP contribution >= 0.6 is 0 Å². The van der Waals surface area contributed by atoms with Crippen LogP contribution in [0.5, 0.6) is 5.75 Å². The monoisotopic (exact) mass is 269 g/mol. The zero-order valence-corrected chi connectivity index (χ0v) is 11.4. The molecule has 1 aromatic rings. The molecule has 0 fully saturated rings. The summed E-state index contributed by atoms with van der Waals surface area (Å²) in [4.78, 5) is 12.4. The molecule has 19 heavy (non-hydrogen) atoms. The molecule has 106 valence electrons. The normalized spacial score (nSPS) is 10.7. The standard InChI is InChI=1S/C14H20FNO3/c1-16(8-4-3-5-14(17)18)10-11-6-7-13(19-2)12(15)9-11/h6-7,9H,3-5,8,10H2,1-2H3,(H,17,18). The van der Waals surface area contributed by atoms with Gasteiger partial charge in [-0.05, 0) is 44.1 Å².